The monoisotopic (exact) mass is 484 g/mol. The molecule has 1 atom stereocenters. The Hall–Kier alpha value is -2.32. The summed E-state index contributed by atoms with van der Waals surface area (Å²) < 4.78 is 92.9. The zero-order valence-electron chi connectivity index (χ0n) is 18.7. The van der Waals surface area contributed by atoms with E-state index in [0.717, 1.165) is 31.3 Å². The second-order valence-corrected chi connectivity index (χ2v) is 8.96. The highest BCUT2D eigenvalue weighted by atomic mass is 19.4. The zero-order chi connectivity index (χ0) is 24.5. The van der Waals surface area contributed by atoms with Gasteiger partial charge in [0.2, 0.25) is 0 Å². The van der Waals surface area contributed by atoms with Crippen molar-refractivity contribution >= 4 is 5.57 Å². The topological polar surface area (TPSA) is 18.5 Å². The fourth-order valence-electron chi connectivity index (χ4n) is 4.72. The highest BCUT2D eigenvalue weighted by Gasteiger charge is 2.38. The van der Waals surface area contributed by atoms with Gasteiger partial charge in [0.15, 0.2) is 6.29 Å². The first kappa shape index (κ1) is 24.8. The minimum atomic E-state index is -5.18. The molecule has 0 amide bonds. The molecule has 34 heavy (non-hydrogen) atoms. The SMILES string of the molecule is CCCC1COC(C2CC=C(c3ccc(-c4cc(F)c(C(F)(F)F)c(F)c4)c(F)c3)CC2)OC1. The van der Waals surface area contributed by atoms with Gasteiger partial charge in [0, 0.05) is 17.4 Å². The molecule has 0 saturated carbocycles. The molecule has 1 heterocycles. The minimum Gasteiger partial charge on any atom is -0.352 e. The van der Waals surface area contributed by atoms with Crippen molar-refractivity contribution in [2.75, 3.05) is 13.2 Å². The molecule has 0 bridgehead atoms. The van der Waals surface area contributed by atoms with E-state index in [1.165, 1.54) is 12.1 Å². The van der Waals surface area contributed by atoms with Crippen LogP contribution < -0.4 is 0 Å². The smallest absolute Gasteiger partial charge is 0.352 e. The van der Waals surface area contributed by atoms with Gasteiger partial charge in [-0.15, -0.1) is 0 Å². The molecule has 2 aliphatic rings. The molecule has 2 aromatic rings. The maximum Gasteiger partial charge on any atom is 0.422 e. The fraction of sp³-hybridized carbons (Fsp3) is 0.462. The normalized spacial score (nSPS) is 23.6. The van der Waals surface area contributed by atoms with Crippen LogP contribution in [0.2, 0.25) is 0 Å². The highest BCUT2D eigenvalue weighted by Crippen LogP contribution is 2.38. The summed E-state index contributed by atoms with van der Waals surface area (Å²) >= 11 is 0. The van der Waals surface area contributed by atoms with E-state index in [0.29, 0.717) is 43.2 Å². The third kappa shape index (κ3) is 5.33. The standard InChI is InChI=1S/C26H26F6O2/c1-2-3-15-13-33-25(34-14-15)17-6-4-16(5-7-17)18-8-9-20(21(27)10-18)19-11-22(28)24(23(29)12-19)26(30,31)32/h4,8-12,15,17,25H,2-3,5-7,13-14H2,1H3. The third-order valence-electron chi connectivity index (χ3n) is 6.50. The van der Waals surface area contributed by atoms with Crippen molar-refractivity contribution in [3.05, 3.63) is 65.0 Å². The van der Waals surface area contributed by atoms with Crippen LogP contribution in [0.5, 0.6) is 0 Å². The number of ether oxygens (including phenoxy) is 2. The summed E-state index contributed by atoms with van der Waals surface area (Å²) in [5.74, 6) is -3.67. The van der Waals surface area contributed by atoms with Crippen molar-refractivity contribution < 1.29 is 35.8 Å². The van der Waals surface area contributed by atoms with Gasteiger partial charge in [0.05, 0.1) is 13.2 Å². The van der Waals surface area contributed by atoms with E-state index in [2.05, 4.69) is 6.92 Å². The lowest BCUT2D eigenvalue weighted by molar-refractivity contribution is -0.225. The molecule has 0 aromatic heterocycles. The fourth-order valence-corrected chi connectivity index (χ4v) is 4.72. The molecule has 184 valence electrons. The number of alkyl halides is 3. The lowest BCUT2D eigenvalue weighted by Crippen LogP contribution is -2.37. The highest BCUT2D eigenvalue weighted by molar-refractivity contribution is 5.71. The molecular weight excluding hydrogens is 458 g/mol. The number of hydrogen-bond donors (Lipinski definition) is 0. The molecular formula is C26H26F6O2. The summed E-state index contributed by atoms with van der Waals surface area (Å²) in [6.07, 6.45) is 0.995. The van der Waals surface area contributed by atoms with Crippen LogP contribution in [0.3, 0.4) is 0 Å². The largest absolute Gasteiger partial charge is 0.422 e. The van der Waals surface area contributed by atoms with Crippen molar-refractivity contribution in [1.29, 1.82) is 0 Å². The zero-order valence-corrected chi connectivity index (χ0v) is 18.7. The molecule has 0 radical (unpaired) electrons. The number of benzene rings is 2. The Morgan fingerprint density at radius 2 is 1.56 bits per heavy atom. The Balaban J connectivity index is 1.46. The lowest BCUT2D eigenvalue weighted by atomic mass is 9.85. The number of halogens is 6. The van der Waals surface area contributed by atoms with E-state index in [-0.39, 0.29) is 23.3 Å². The average Bonchev–Trinajstić information content (AvgIpc) is 2.78. The third-order valence-corrected chi connectivity index (χ3v) is 6.50. The van der Waals surface area contributed by atoms with E-state index < -0.39 is 29.2 Å². The van der Waals surface area contributed by atoms with Crippen LogP contribution in [-0.2, 0) is 15.7 Å². The number of rotatable bonds is 5. The van der Waals surface area contributed by atoms with E-state index in [1.54, 1.807) is 6.07 Å². The van der Waals surface area contributed by atoms with Gasteiger partial charge in [-0.3, -0.25) is 0 Å². The van der Waals surface area contributed by atoms with E-state index in [9.17, 15) is 26.3 Å². The van der Waals surface area contributed by atoms with Crippen molar-refractivity contribution in [2.24, 2.45) is 11.8 Å². The van der Waals surface area contributed by atoms with Gasteiger partial charge in [-0.25, -0.2) is 13.2 Å². The van der Waals surface area contributed by atoms with E-state index in [1.807, 2.05) is 6.08 Å². The van der Waals surface area contributed by atoms with Crippen molar-refractivity contribution in [3.63, 3.8) is 0 Å². The molecule has 4 rings (SSSR count). The van der Waals surface area contributed by atoms with Crippen LogP contribution in [0.4, 0.5) is 26.3 Å². The first-order valence-corrected chi connectivity index (χ1v) is 11.5. The number of allylic oxidation sites excluding steroid dienone is 2. The van der Waals surface area contributed by atoms with Crippen LogP contribution in [0.15, 0.2) is 36.4 Å². The maximum atomic E-state index is 14.8. The van der Waals surface area contributed by atoms with Gasteiger partial charge in [0.25, 0.3) is 0 Å². The quantitative estimate of drug-likeness (QED) is 0.404. The maximum absolute atomic E-state index is 14.8. The summed E-state index contributed by atoms with van der Waals surface area (Å²) in [7, 11) is 0. The Morgan fingerprint density at radius 3 is 2.09 bits per heavy atom. The molecule has 8 heteroatoms. The predicted octanol–water partition coefficient (Wildman–Crippen LogP) is 7.76. The second kappa shape index (κ2) is 10.1. The van der Waals surface area contributed by atoms with Gasteiger partial charge in [-0.05, 0) is 60.6 Å². The molecule has 1 aliphatic carbocycles. The van der Waals surface area contributed by atoms with E-state index >= 15 is 0 Å². The molecule has 1 fully saturated rings. The Bertz CT molecular complexity index is 1030. The van der Waals surface area contributed by atoms with Gasteiger partial charge >= 0.3 is 6.18 Å². The van der Waals surface area contributed by atoms with Crippen LogP contribution in [0.25, 0.3) is 16.7 Å². The molecule has 0 spiro atoms. The summed E-state index contributed by atoms with van der Waals surface area (Å²) in [5, 5.41) is 0. The Kier molecular flexibility index (Phi) is 7.38. The molecule has 2 nitrogen and oxygen atoms in total. The van der Waals surface area contributed by atoms with Crippen LogP contribution in [0, 0.1) is 29.3 Å². The second-order valence-electron chi connectivity index (χ2n) is 8.96. The van der Waals surface area contributed by atoms with Crippen molar-refractivity contribution in [2.45, 2.75) is 51.5 Å². The molecule has 1 unspecified atom stereocenters. The molecule has 1 aliphatic heterocycles. The Morgan fingerprint density at radius 1 is 0.912 bits per heavy atom. The van der Waals surface area contributed by atoms with Crippen LogP contribution >= 0.6 is 0 Å². The summed E-state index contributed by atoms with van der Waals surface area (Å²) in [6, 6.07) is 5.20. The number of hydrogen-bond acceptors (Lipinski definition) is 2. The van der Waals surface area contributed by atoms with Gasteiger partial charge < -0.3 is 9.47 Å². The van der Waals surface area contributed by atoms with Crippen molar-refractivity contribution in [1.82, 2.24) is 0 Å². The predicted molar refractivity (Wildman–Crippen MR) is 116 cm³/mol. The van der Waals surface area contributed by atoms with Gasteiger partial charge in [-0.2, -0.15) is 13.2 Å². The lowest BCUT2D eigenvalue weighted by Gasteiger charge is -2.35. The van der Waals surface area contributed by atoms with Crippen molar-refractivity contribution in [3.8, 4) is 11.1 Å². The van der Waals surface area contributed by atoms with E-state index in [4.69, 9.17) is 9.47 Å². The van der Waals surface area contributed by atoms with Crippen LogP contribution in [0.1, 0.15) is 50.2 Å². The molecule has 2 aromatic carbocycles. The van der Waals surface area contributed by atoms with Crippen LogP contribution in [-0.4, -0.2) is 19.5 Å². The summed E-state index contributed by atoms with van der Waals surface area (Å²) in [4.78, 5) is 0. The average molecular weight is 484 g/mol. The summed E-state index contributed by atoms with van der Waals surface area (Å²) in [6.45, 7) is 3.53. The van der Waals surface area contributed by atoms with Gasteiger partial charge in [-0.1, -0.05) is 31.6 Å². The van der Waals surface area contributed by atoms with Gasteiger partial charge in [0.1, 0.15) is 23.0 Å². The Labute approximate surface area is 194 Å². The minimum absolute atomic E-state index is 0.171. The molecule has 0 N–H and O–H groups in total. The first-order valence-electron chi connectivity index (χ1n) is 11.5. The summed E-state index contributed by atoms with van der Waals surface area (Å²) in [5.41, 5.74) is -0.887. The molecule has 1 saturated heterocycles. The first-order chi connectivity index (χ1) is 16.2.